The molecule has 332 valence electrons. The largest absolute Gasteiger partial charge is 0.480 e. The van der Waals surface area contributed by atoms with Gasteiger partial charge in [0.05, 0.1) is 26.2 Å². The zero-order valence-corrected chi connectivity index (χ0v) is 32.9. The van der Waals surface area contributed by atoms with Crippen molar-refractivity contribution in [3.63, 3.8) is 0 Å². The van der Waals surface area contributed by atoms with Gasteiger partial charge in [-0.1, -0.05) is 24.3 Å². The zero-order chi connectivity index (χ0) is 45.2. The van der Waals surface area contributed by atoms with Crippen molar-refractivity contribution in [2.75, 3.05) is 39.3 Å². The lowest BCUT2D eigenvalue weighted by Crippen LogP contribution is -2.48. The Morgan fingerprint density at radius 1 is 0.550 bits per heavy atom. The summed E-state index contributed by atoms with van der Waals surface area (Å²) in [4.78, 5) is 132. The van der Waals surface area contributed by atoms with Crippen LogP contribution in [-0.2, 0) is 54.4 Å². The maximum Gasteiger partial charge on any atom is 0.320 e. The molecule has 0 saturated heterocycles. The summed E-state index contributed by atoms with van der Waals surface area (Å²) < 4.78 is 0. The first-order valence-electron chi connectivity index (χ1n) is 19.0. The van der Waals surface area contributed by atoms with Crippen molar-refractivity contribution >= 4 is 65.6 Å². The van der Waals surface area contributed by atoms with Crippen molar-refractivity contribution in [3.8, 4) is 0 Å². The van der Waals surface area contributed by atoms with Gasteiger partial charge in [-0.2, -0.15) is 0 Å². The number of hydrogen-bond acceptors (Lipinski definition) is 13. The fourth-order valence-corrected chi connectivity index (χ4v) is 5.98. The minimum Gasteiger partial charge on any atom is -0.480 e. The number of aldehydes is 1. The smallest absolute Gasteiger partial charge is 0.320 e. The number of nitrogens with zero attached hydrogens (tertiary/aromatic N) is 2. The number of nitrogens with one attached hydrogen (secondary N) is 3. The molecule has 0 saturated carbocycles. The molecule has 3 unspecified atom stereocenters. The minimum absolute atomic E-state index is 0.0401. The molecule has 22 nitrogen and oxygen atoms in total. The number of carbonyl (C=O) groups is 11. The van der Waals surface area contributed by atoms with Gasteiger partial charge in [0, 0.05) is 44.3 Å². The third-order valence-electron chi connectivity index (χ3n) is 8.99. The number of hydrogen-bond donors (Lipinski definition) is 9. The van der Waals surface area contributed by atoms with Crippen LogP contribution in [0.25, 0.3) is 0 Å². The van der Waals surface area contributed by atoms with Gasteiger partial charge in [-0.05, 0) is 56.9 Å². The van der Waals surface area contributed by atoms with E-state index >= 15 is 0 Å². The van der Waals surface area contributed by atoms with Gasteiger partial charge in [0.2, 0.25) is 17.7 Å². The molecule has 0 aliphatic carbocycles. The summed E-state index contributed by atoms with van der Waals surface area (Å²) in [7, 11) is 0. The van der Waals surface area contributed by atoms with E-state index in [9.17, 15) is 63.0 Å². The molecule has 0 radical (unpaired) electrons. The Hall–Kier alpha value is -6.29. The number of benzene rings is 1. The highest BCUT2D eigenvalue weighted by molar-refractivity contribution is 5.90. The molecule has 9 N–H and O–H groups in total. The predicted molar refractivity (Wildman–Crippen MR) is 206 cm³/mol. The minimum atomic E-state index is -1.44. The number of carboxylic acid groups (broad SMARTS) is 6. The molecule has 3 amide bonds. The lowest BCUT2D eigenvalue weighted by atomic mass is 10.0. The van der Waals surface area contributed by atoms with E-state index < -0.39 is 97.8 Å². The van der Waals surface area contributed by atoms with Crippen LogP contribution in [0.15, 0.2) is 24.3 Å². The third kappa shape index (κ3) is 22.6. The molecule has 1 aromatic rings. The van der Waals surface area contributed by atoms with Gasteiger partial charge in [0.1, 0.15) is 30.2 Å². The van der Waals surface area contributed by atoms with Crippen LogP contribution in [0.5, 0.6) is 0 Å². The van der Waals surface area contributed by atoms with Crippen molar-refractivity contribution < 1.29 is 83.4 Å². The summed E-state index contributed by atoms with van der Waals surface area (Å²) in [5, 5.41) is 63.1. The second kappa shape index (κ2) is 28.2. The van der Waals surface area contributed by atoms with Crippen LogP contribution in [0.4, 0.5) is 0 Å². The van der Waals surface area contributed by atoms with Gasteiger partial charge >= 0.3 is 35.8 Å². The lowest BCUT2D eigenvalue weighted by molar-refractivity contribution is -0.152. The number of aliphatic carboxylic acids is 6. The summed E-state index contributed by atoms with van der Waals surface area (Å²) in [5.74, 6) is -10.7. The average Bonchev–Trinajstić information content (AvgIpc) is 3.16. The molecule has 60 heavy (non-hydrogen) atoms. The van der Waals surface area contributed by atoms with Crippen LogP contribution in [0.3, 0.4) is 0 Å². The molecule has 22 heteroatoms. The molecule has 0 aliphatic rings. The molecular weight excluding hydrogens is 798 g/mol. The quantitative estimate of drug-likeness (QED) is 0.0311. The predicted octanol–water partition coefficient (Wildman–Crippen LogP) is -0.532. The van der Waals surface area contributed by atoms with Crippen molar-refractivity contribution in [1.29, 1.82) is 0 Å². The first-order chi connectivity index (χ1) is 28.3. The second-order valence-corrected chi connectivity index (χ2v) is 13.8. The first-order valence-corrected chi connectivity index (χ1v) is 19.0. The number of unbranched alkanes of at least 4 members (excludes halogenated alkanes) is 2. The van der Waals surface area contributed by atoms with Gasteiger partial charge < -0.3 is 46.6 Å². The van der Waals surface area contributed by atoms with Crippen molar-refractivity contribution in [2.24, 2.45) is 0 Å². The van der Waals surface area contributed by atoms with E-state index in [0.717, 1.165) is 15.4 Å². The summed E-state index contributed by atoms with van der Waals surface area (Å²) in [5.41, 5.74) is 1.29. The van der Waals surface area contributed by atoms with Gasteiger partial charge in [-0.25, -0.2) is 0 Å². The molecular formula is C38H53N5O17. The summed E-state index contributed by atoms with van der Waals surface area (Å²) >= 11 is 0. The number of rotatable bonds is 34. The molecule has 1 rings (SSSR count). The summed E-state index contributed by atoms with van der Waals surface area (Å²) in [6.07, 6.45) is 0.723. The van der Waals surface area contributed by atoms with Crippen LogP contribution >= 0.6 is 0 Å². The second-order valence-electron chi connectivity index (χ2n) is 13.8. The fourth-order valence-electron chi connectivity index (χ4n) is 5.98. The number of aryl methyl sites for hydroxylation is 1. The van der Waals surface area contributed by atoms with E-state index in [4.69, 9.17) is 20.4 Å². The highest BCUT2D eigenvalue weighted by atomic mass is 16.4. The number of amides is 3. The van der Waals surface area contributed by atoms with E-state index in [2.05, 4.69) is 16.0 Å². The highest BCUT2D eigenvalue weighted by Crippen LogP contribution is 2.12. The Morgan fingerprint density at radius 2 is 1.02 bits per heavy atom. The Labute approximate surface area is 344 Å². The van der Waals surface area contributed by atoms with Gasteiger partial charge in [0.15, 0.2) is 0 Å². The summed E-state index contributed by atoms with van der Waals surface area (Å²) in [6.45, 7) is -3.28. The van der Waals surface area contributed by atoms with Crippen LogP contribution < -0.4 is 16.0 Å². The van der Waals surface area contributed by atoms with Gasteiger partial charge in [-0.15, -0.1) is 0 Å². The van der Waals surface area contributed by atoms with Crippen LogP contribution in [0.2, 0.25) is 0 Å². The maximum atomic E-state index is 13.2. The Morgan fingerprint density at radius 3 is 1.45 bits per heavy atom. The zero-order valence-electron chi connectivity index (χ0n) is 32.9. The molecule has 0 spiro atoms. The molecule has 0 aromatic heterocycles. The molecule has 0 fully saturated rings. The topological polar surface area (TPSA) is 352 Å². The van der Waals surface area contributed by atoms with E-state index in [0.29, 0.717) is 18.3 Å². The number of Topliss-reactive ketones (excluding diaryl/α,β-unsaturated/α-hetero) is 1. The number of ketones is 1. The maximum absolute atomic E-state index is 13.2. The fraction of sp³-hybridized carbons (Fsp3) is 0.553. The van der Waals surface area contributed by atoms with Crippen molar-refractivity contribution in [1.82, 2.24) is 25.8 Å². The van der Waals surface area contributed by atoms with E-state index in [1.807, 2.05) is 0 Å². The molecule has 0 bridgehead atoms. The van der Waals surface area contributed by atoms with Crippen LogP contribution in [0, 0.1) is 0 Å². The lowest BCUT2D eigenvalue weighted by Gasteiger charge is -2.25. The van der Waals surface area contributed by atoms with E-state index in [-0.39, 0.29) is 89.5 Å². The monoisotopic (exact) mass is 851 g/mol. The molecule has 3 atom stereocenters. The Bertz CT molecular complexity index is 1640. The third-order valence-corrected chi connectivity index (χ3v) is 8.99. The Kier molecular flexibility index (Phi) is 24.3. The average molecular weight is 852 g/mol. The van der Waals surface area contributed by atoms with Gasteiger partial charge in [-0.3, -0.25) is 62.5 Å². The molecule has 1 aromatic carbocycles. The summed E-state index contributed by atoms with van der Waals surface area (Å²) in [6, 6.07) is 2.53. The molecule has 0 heterocycles. The normalized spacial score (nSPS) is 12.4. The van der Waals surface area contributed by atoms with Crippen molar-refractivity contribution in [3.05, 3.63) is 35.4 Å². The molecule has 0 aliphatic heterocycles. The Balaban J connectivity index is 2.82. The van der Waals surface area contributed by atoms with Crippen LogP contribution in [-0.4, -0.2) is 163 Å². The van der Waals surface area contributed by atoms with Crippen LogP contribution in [0.1, 0.15) is 86.6 Å². The first kappa shape index (κ1) is 51.7. The van der Waals surface area contributed by atoms with Gasteiger partial charge in [0.25, 0.3) is 0 Å². The number of carboxylic acids is 6. The SMILES string of the molecule is O=Cc1ccc(CCC(=O)CCC(=O)NC(CCC(=O)NCCCCC(C(=O)O)N(CC(=O)O)CC(=O)O)C(=O)NCCCCC(C(=O)O)N(CC(=O)O)CC(=O)O)cc1. The number of carbonyl (C=O) groups excluding carboxylic acids is 5. The highest BCUT2D eigenvalue weighted by Gasteiger charge is 2.30. The van der Waals surface area contributed by atoms with Crippen molar-refractivity contribution in [2.45, 2.75) is 95.2 Å². The standard InChI is InChI=1S/C38H53N5O17/c44-23-25-9-7-24(8-10-25)11-12-26(45)13-15-31(47)41-27(36(56)40-18-4-2-6-29(38(59)60)43(21-34(52)53)22-35(54)55)14-16-30(46)39-17-3-1-5-28(37(57)58)42(19-32(48)49)20-33(50)51/h7-10,23,27-29H,1-6,11-22H2,(H,39,46)(H,40,56)(H,41,47)(H,48,49)(H,50,51)(H,52,53)(H,54,55)(H,57,58)(H,59,60). The van der Waals surface area contributed by atoms with E-state index in [1.165, 1.54) is 0 Å². The van der Waals surface area contributed by atoms with E-state index in [1.54, 1.807) is 24.3 Å².